The van der Waals surface area contributed by atoms with E-state index in [-0.39, 0.29) is 5.91 Å². The number of amides is 1. The maximum atomic E-state index is 12.6. The Morgan fingerprint density at radius 3 is 2.62 bits per heavy atom. The van der Waals surface area contributed by atoms with Gasteiger partial charge in [-0.1, -0.05) is 6.42 Å². The lowest BCUT2D eigenvalue weighted by atomic mass is 9.85. The van der Waals surface area contributed by atoms with Crippen molar-refractivity contribution in [2.24, 2.45) is 17.8 Å². The summed E-state index contributed by atoms with van der Waals surface area (Å²) in [5.74, 6) is 2.58. The molecule has 5 heteroatoms. The fourth-order valence-corrected chi connectivity index (χ4v) is 4.51. The summed E-state index contributed by atoms with van der Waals surface area (Å²) in [7, 11) is 0. The van der Waals surface area contributed by atoms with Crippen LogP contribution in [0.2, 0.25) is 0 Å². The van der Waals surface area contributed by atoms with Gasteiger partial charge in [0.1, 0.15) is 0 Å². The summed E-state index contributed by atoms with van der Waals surface area (Å²) >= 11 is 0. The van der Waals surface area contributed by atoms with Crippen molar-refractivity contribution >= 4 is 5.91 Å². The van der Waals surface area contributed by atoms with Gasteiger partial charge in [-0.25, -0.2) is 0 Å². The Morgan fingerprint density at radius 1 is 1.25 bits per heavy atom. The Bertz CT molecular complexity index is 583. The fourth-order valence-electron chi connectivity index (χ4n) is 4.51. The van der Waals surface area contributed by atoms with Crippen LogP contribution >= 0.6 is 0 Å². The molecular formula is C19H30N4O. The number of nitrogens with zero attached hydrogens (tertiary/aromatic N) is 2. The van der Waals surface area contributed by atoms with E-state index in [0.29, 0.717) is 18.4 Å². The highest BCUT2D eigenvalue weighted by molar-refractivity contribution is 5.79. The molecular weight excluding hydrogens is 300 g/mol. The zero-order chi connectivity index (χ0) is 16.7. The average Bonchev–Trinajstić information content (AvgIpc) is 3.21. The number of aromatic amines is 1. The first kappa shape index (κ1) is 16.1. The van der Waals surface area contributed by atoms with Crippen molar-refractivity contribution < 1.29 is 4.79 Å². The molecule has 1 aliphatic heterocycles. The zero-order valence-electron chi connectivity index (χ0n) is 15.0. The van der Waals surface area contributed by atoms with Crippen molar-refractivity contribution in [3.8, 4) is 0 Å². The number of carbonyl (C=O) groups is 1. The van der Waals surface area contributed by atoms with Crippen molar-refractivity contribution in [2.75, 3.05) is 19.6 Å². The molecule has 2 N–H and O–H groups in total. The molecule has 1 aromatic heterocycles. The van der Waals surface area contributed by atoms with Gasteiger partial charge >= 0.3 is 0 Å². The number of carbonyl (C=O) groups excluding carboxylic acids is 1. The molecule has 2 saturated carbocycles. The van der Waals surface area contributed by atoms with Gasteiger partial charge in [0.15, 0.2) is 0 Å². The molecule has 0 bridgehead atoms. The first-order chi connectivity index (χ1) is 11.6. The van der Waals surface area contributed by atoms with E-state index in [1.54, 1.807) is 0 Å². The molecule has 3 fully saturated rings. The van der Waals surface area contributed by atoms with Crippen LogP contribution in [0.25, 0.3) is 0 Å². The van der Waals surface area contributed by atoms with Gasteiger partial charge in [0.25, 0.3) is 0 Å². The molecule has 5 nitrogen and oxygen atoms in total. The monoisotopic (exact) mass is 330 g/mol. The Labute approximate surface area is 144 Å². The quantitative estimate of drug-likeness (QED) is 0.840. The van der Waals surface area contributed by atoms with E-state index < -0.39 is 0 Å². The molecule has 0 radical (unpaired) electrons. The molecule has 2 heterocycles. The smallest absolute Gasteiger partial charge is 0.224 e. The molecule has 1 saturated heterocycles. The Hall–Kier alpha value is -1.36. The fraction of sp³-hybridized carbons (Fsp3) is 0.789. The molecule has 3 aliphatic rings. The molecule has 2 atom stereocenters. The predicted molar refractivity (Wildman–Crippen MR) is 93.7 cm³/mol. The van der Waals surface area contributed by atoms with Crippen LogP contribution in [0.15, 0.2) is 0 Å². The maximum absolute atomic E-state index is 12.6. The first-order valence-electron chi connectivity index (χ1n) is 9.62. The molecule has 2 aliphatic carbocycles. The van der Waals surface area contributed by atoms with Gasteiger partial charge in [-0.2, -0.15) is 5.10 Å². The molecule has 0 aromatic carbocycles. The van der Waals surface area contributed by atoms with E-state index in [1.807, 2.05) is 13.8 Å². The lowest BCUT2D eigenvalue weighted by Crippen LogP contribution is -2.42. The third-order valence-corrected chi connectivity index (χ3v) is 6.37. The predicted octanol–water partition coefficient (Wildman–Crippen LogP) is 2.20. The highest BCUT2D eigenvalue weighted by Crippen LogP contribution is 2.42. The second-order valence-corrected chi connectivity index (χ2v) is 8.28. The molecule has 4 rings (SSSR count). The summed E-state index contributed by atoms with van der Waals surface area (Å²) in [6.45, 7) is 7.44. The van der Waals surface area contributed by atoms with E-state index in [2.05, 4.69) is 20.4 Å². The third-order valence-electron chi connectivity index (χ3n) is 6.37. The van der Waals surface area contributed by atoms with Crippen molar-refractivity contribution in [1.29, 1.82) is 0 Å². The van der Waals surface area contributed by atoms with Crippen LogP contribution in [0, 0.1) is 31.6 Å². The summed E-state index contributed by atoms with van der Waals surface area (Å²) < 4.78 is 0. The molecule has 132 valence electrons. The van der Waals surface area contributed by atoms with Crippen molar-refractivity contribution in [1.82, 2.24) is 20.4 Å². The number of aryl methyl sites for hydroxylation is 2. The van der Waals surface area contributed by atoms with E-state index in [0.717, 1.165) is 35.3 Å². The van der Waals surface area contributed by atoms with Gasteiger partial charge in [-0.15, -0.1) is 0 Å². The largest absolute Gasteiger partial charge is 0.351 e. The second kappa shape index (κ2) is 6.51. The third kappa shape index (κ3) is 3.37. The Balaban J connectivity index is 1.35. The first-order valence-corrected chi connectivity index (χ1v) is 9.62. The van der Waals surface area contributed by atoms with Crippen LogP contribution in [0.3, 0.4) is 0 Å². The maximum Gasteiger partial charge on any atom is 0.224 e. The number of likely N-dealkylation sites (tertiary alicyclic amines) is 1. The van der Waals surface area contributed by atoms with E-state index in [4.69, 9.17) is 0 Å². The summed E-state index contributed by atoms with van der Waals surface area (Å²) in [5.41, 5.74) is 3.01. The van der Waals surface area contributed by atoms with E-state index in [9.17, 15) is 4.79 Å². The van der Waals surface area contributed by atoms with Crippen molar-refractivity contribution in [2.45, 2.75) is 58.4 Å². The minimum Gasteiger partial charge on any atom is -0.351 e. The molecule has 24 heavy (non-hydrogen) atoms. The van der Waals surface area contributed by atoms with Gasteiger partial charge < -0.3 is 10.2 Å². The normalized spacial score (nSPS) is 28.1. The lowest BCUT2D eigenvalue weighted by molar-refractivity contribution is -0.121. The van der Waals surface area contributed by atoms with Crippen LogP contribution in [-0.2, 0) is 11.2 Å². The topological polar surface area (TPSA) is 61.0 Å². The standard InChI is InChI=1S/C19H30N4O/c1-12-16(13(2)22-21-12)8-19(24)20-18-11-23(9-14-4-3-5-14)10-17(18)15-6-7-15/h14-15,17-18H,3-11H2,1-2H3,(H,20,24)(H,21,22)/t17-,18+/m1/s1. The van der Waals surface area contributed by atoms with Gasteiger partial charge in [-0.3, -0.25) is 9.89 Å². The average molecular weight is 330 g/mol. The van der Waals surface area contributed by atoms with Crippen LogP contribution in [0.1, 0.15) is 49.1 Å². The second-order valence-electron chi connectivity index (χ2n) is 8.28. The van der Waals surface area contributed by atoms with Crippen LogP contribution < -0.4 is 5.32 Å². The number of aromatic nitrogens is 2. The highest BCUT2D eigenvalue weighted by atomic mass is 16.1. The van der Waals surface area contributed by atoms with Crippen molar-refractivity contribution in [3.05, 3.63) is 17.0 Å². The minimum atomic E-state index is 0.156. The van der Waals surface area contributed by atoms with E-state index >= 15 is 0 Å². The molecule has 1 amide bonds. The number of H-pyrrole nitrogens is 1. The zero-order valence-corrected chi connectivity index (χ0v) is 15.0. The number of nitrogens with one attached hydrogen (secondary N) is 2. The van der Waals surface area contributed by atoms with Crippen molar-refractivity contribution in [3.63, 3.8) is 0 Å². The van der Waals surface area contributed by atoms with Gasteiger partial charge in [0.2, 0.25) is 5.91 Å². The summed E-state index contributed by atoms with van der Waals surface area (Å²) in [6.07, 6.45) is 7.38. The number of hydrogen-bond donors (Lipinski definition) is 2. The molecule has 0 unspecified atom stereocenters. The van der Waals surface area contributed by atoms with Gasteiger partial charge in [0.05, 0.1) is 12.1 Å². The van der Waals surface area contributed by atoms with Crippen LogP contribution in [-0.4, -0.2) is 46.7 Å². The molecule has 0 spiro atoms. The lowest BCUT2D eigenvalue weighted by Gasteiger charge is -2.30. The number of rotatable bonds is 6. The van der Waals surface area contributed by atoms with Crippen LogP contribution in [0.4, 0.5) is 0 Å². The summed E-state index contributed by atoms with van der Waals surface area (Å²) in [5, 5.41) is 10.5. The Kier molecular flexibility index (Phi) is 4.37. The SMILES string of the molecule is Cc1n[nH]c(C)c1CC(=O)N[C@H]1CN(CC2CCC2)C[C@@H]1C1CC1. The minimum absolute atomic E-state index is 0.156. The van der Waals surface area contributed by atoms with Gasteiger partial charge in [0, 0.05) is 36.9 Å². The number of hydrogen-bond acceptors (Lipinski definition) is 3. The van der Waals surface area contributed by atoms with E-state index in [1.165, 1.54) is 45.2 Å². The summed E-state index contributed by atoms with van der Waals surface area (Å²) in [6, 6.07) is 0.345. The summed E-state index contributed by atoms with van der Waals surface area (Å²) in [4.78, 5) is 15.2. The highest BCUT2D eigenvalue weighted by Gasteiger charge is 2.43. The molecule has 1 aromatic rings. The Morgan fingerprint density at radius 2 is 2.04 bits per heavy atom. The van der Waals surface area contributed by atoms with Gasteiger partial charge in [-0.05, 0) is 57.3 Å². The van der Waals surface area contributed by atoms with Crippen LogP contribution in [0.5, 0.6) is 0 Å².